The Bertz CT molecular complexity index is 402. The number of hydrogen-bond donors (Lipinski definition) is 0. The van der Waals surface area contributed by atoms with Crippen LogP contribution in [0, 0.1) is 0 Å². The lowest BCUT2D eigenvalue weighted by Crippen LogP contribution is -2.28. The normalized spacial score (nSPS) is 12.5. The summed E-state index contributed by atoms with van der Waals surface area (Å²) >= 11 is 0. The Morgan fingerprint density at radius 1 is 1.29 bits per heavy atom. The van der Waals surface area contributed by atoms with Gasteiger partial charge >= 0.3 is 15.6 Å². The molecule has 0 aliphatic heterocycles. The number of halogens is 3. The monoisotopic (exact) mass is 228 g/mol. The van der Waals surface area contributed by atoms with Crippen molar-refractivity contribution in [3.8, 4) is 5.88 Å². The third-order valence-corrected chi connectivity index (χ3v) is 1.98. The minimum Gasteiger partial charge on any atom is -0.354 e. The van der Waals surface area contributed by atoms with E-state index in [-0.39, 0.29) is 0 Å². The Balaban J connectivity index is 2.91. The van der Waals surface area contributed by atoms with Crippen LogP contribution in [0.5, 0.6) is 5.88 Å². The predicted molar refractivity (Wildman–Crippen MR) is 37.6 cm³/mol. The first-order chi connectivity index (χ1) is 6.33. The predicted octanol–water partition coefficient (Wildman–Crippen LogP) is 0.705. The van der Waals surface area contributed by atoms with Crippen molar-refractivity contribution in [2.75, 3.05) is 0 Å². The first-order valence-electron chi connectivity index (χ1n) is 3.10. The molecule has 0 spiro atoms. The van der Waals surface area contributed by atoms with Gasteiger partial charge in [0.1, 0.15) is 0 Å². The Labute approximate surface area is 76.7 Å². The minimum absolute atomic E-state index is 0.732. The van der Waals surface area contributed by atoms with Crippen LogP contribution in [-0.2, 0) is 10.1 Å². The van der Waals surface area contributed by atoms with Gasteiger partial charge in [0.05, 0.1) is 6.20 Å². The molecule has 0 amide bonds. The molecule has 5 nitrogen and oxygen atoms in total. The molecule has 78 valence electrons. The molecule has 1 aromatic rings. The van der Waals surface area contributed by atoms with Gasteiger partial charge in [-0.2, -0.15) is 21.6 Å². The molecule has 0 aliphatic rings. The first-order valence-corrected chi connectivity index (χ1v) is 4.50. The van der Waals surface area contributed by atoms with Crippen LogP contribution >= 0.6 is 0 Å². The largest absolute Gasteiger partial charge is 0.534 e. The van der Waals surface area contributed by atoms with Gasteiger partial charge < -0.3 is 4.18 Å². The van der Waals surface area contributed by atoms with Crippen LogP contribution in [0.2, 0.25) is 0 Å². The molecule has 1 heterocycles. The van der Waals surface area contributed by atoms with E-state index in [4.69, 9.17) is 0 Å². The molecule has 1 rings (SSSR count). The van der Waals surface area contributed by atoms with Gasteiger partial charge in [-0.25, -0.2) is 4.98 Å². The van der Waals surface area contributed by atoms with Crippen molar-refractivity contribution in [3.63, 3.8) is 0 Å². The summed E-state index contributed by atoms with van der Waals surface area (Å²) < 4.78 is 59.7. The van der Waals surface area contributed by atoms with E-state index in [9.17, 15) is 21.6 Å². The van der Waals surface area contributed by atoms with Crippen molar-refractivity contribution in [2.45, 2.75) is 5.51 Å². The van der Waals surface area contributed by atoms with Gasteiger partial charge in [-0.15, -0.1) is 0 Å². The van der Waals surface area contributed by atoms with Crippen molar-refractivity contribution in [2.24, 2.45) is 0 Å². The molecule has 0 unspecified atom stereocenters. The highest BCUT2D eigenvalue weighted by molar-refractivity contribution is 7.87. The molecule has 0 bridgehead atoms. The summed E-state index contributed by atoms with van der Waals surface area (Å²) in [6.07, 6.45) is 2.91. The maximum atomic E-state index is 11.8. The Morgan fingerprint density at radius 3 is 2.36 bits per heavy atom. The summed E-state index contributed by atoms with van der Waals surface area (Å²) in [7, 11) is -5.65. The zero-order valence-corrected chi connectivity index (χ0v) is 7.21. The van der Waals surface area contributed by atoms with E-state index in [0.29, 0.717) is 0 Å². The fourth-order valence-electron chi connectivity index (χ4n) is 0.488. The van der Waals surface area contributed by atoms with Crippen LogP contribution in [0.3, 0.4) is 0 Å². The molecule has 14 heavy (non-hydrogen) atoms. The van der Waals surface area contributed by atoms with Crippen LogP contribution < -0.4 is 4.18 Å². The van der Waals surface area contributed by atoms with Gasteiger partial charge in [0.15, 0.2) is 0 Å². The topological polar surface area (TPSA) is 69.2 Å². The number of rotatable bonds is 2. The number of alkyl halides is 3. The standard InChI is InChI=1S/C5H3F3N2O3S/c6-5(7,8)14(11,12)13-4-3-9-1-2-10-4/h1-3H. The SMILES string of the molecule is O=S(=O)(Oc1cnccn1)C(F)(F)F. The second-order valence-electron chi connectivity index (χ2n) is 2.03. The zero-order valence-electron chi connectivity index (χ0n) is 6.39. The molecule has 0 aliphatic carbocycles. The molecule has 0 aromatic carbocycles. The molecule has 0 saturated heterocycles. The van der Waals surface area contributed by atoms with E-state index in [1.54, 1.807) is 0 Å². The number of aromatic nitrogens is 2. The summed E-state index contributed by atoms with van der Waals surface area (Å²) in [5.41, 5.74) is -5.47. The summed E-state index contributed by atoms with van der Waals surface area (Å²) in [6.45, 7) is 0. The fraction of sp³-hybridized carbons (Fsp3) is 0.200. The lowest BCUT2D eigenvalue weighted by atomic mass is 10.7. The maximum Gasteiger partial charge on any atom is 0.534 e. The Hall–Kier alpha value is -1.38. The minimum atomic E-state index is -5.65. The van der Waals surface area contributed by atoms with Crippen molar-refractivity contribution in [3.05, 3.63) is 18.6 Å². The average Bonchev–Trinajstić information content (AvgIpc) is 2.03. The van der Waals surface area contributed by atoms with Crippen molar-refractivity contribution in [1.82, 2.24) is 9.97 Å². The second kappa shape index (κ2) is 3.40. The van der Waals surface area contributed by atoms with Crippen LogP contribution in [-0.4, -0.2) is 23.9 Å². The maximum absolute atomic E-state index is 11.8. The van der Waals surface area contributed by atoms with E-state index < -0.39 is 21.5 Å². The zero-order chi connectivity index (χ0) is 10.8. The summed E-state index contributed by atoms with van der Waals surface area (Å²) in [5, 5.41) is 0. The van der Waals surface area contributed by atoms with Gasteiger partial charge in [-0.1, -0.05) is 0 Å². The summed E-state index contributed by atoms with van der Waals surface area (Å²) in [5.74, 6) is -0.732. The van der Waals surface area contributed by atoms with E-state index in [2.05, 4.69) is 14.2 Å². The van der Waals surface area contributed by atoms with Crippen molar-refractivity contribution in [1.29, 1.82) is 0 Å². The molecule has 0 saturated carbocycles. The third kappa shape index (κ3) is 2.31. The molecule has 1 aromatic heterocycles. The molecule has 9 heteroatoms. The van der Waals surface area contributed by atoms with Gasteiger partial charge in [0.2, 0.25) is 0 Å². The lowest BCUT2D eigenvalue weighted by Gasteiger charge is -2.07. The van der Waals surface area contributed by atoms with Crippen LogP contribution in [0.1, 0.15) is 0 Å². The van der Waals surface area contributed by atoms with Gasteiger partial charge in [-0.3, -0.25) is 4.98 Å². The Morgan fingerprint density at radius 2 is 1.93 bits per heavy atom. The molecular formula is C5H3F3N2O3S. The van der Waals surface area contributed by atoms with Gasteiger partial charge in [0.25, 0.3) is 5.88 Å². The van der Waals surface area contributed by atoms with E-state index >= 15 is 0 Å². The van der Waals surface area contributed by atoms with Crippen LogP contribution in [0.15, 0.2) is 18.6 Å². The quantitative estimate of drug-likeness (QED) is 0.550. The highest BCUT2D eigenvalue weighted by Gasteiger charge is 2.48. The number of nitrogens with zero attached hydrogens (tertiary/aromatic N) is 2. The summed E-state index contributed by atoms with van der Waals surface area (Å²) in [6, 6.07) is 0. The van der Waals surface area contributed by atoms with E-state index in [1.165, 1.54) is 0 Å². The average molecular weight is 228 g/mol. The third-order valence-electron chi connectivity index (χ3n) is 1.02. The number of hydrogen-bond acceptors (Lipinski definition) is 5. The highest BCUT2D eigenvalue weighted by atomic mass is 32.2. The van der Waals surface area contributed by atoms with Crippen LogP contribution in [0.4, 0.5) is 13.2 Å². The fourth-order valence-corrected chi connectivity index (χ4v) is 0.893. The molecule has 0 fully saturated rings. The summed E-state index contributed by atoms with van der Waals surface area (Å²) in [4.78, 5) is 6.55. The second-order valence-corrected chi connectivity index (χ2v) is 3.56. The van der Waals surface area contributed by atoms with E-state index in [0.717, 1.165) is 18.6 Å². The van der Waals surface area contributed by atoms with Crippen molar-refractivity contribution < 1.29 is 25.8 Å². The molecule has 0 atom stereocenters. The van der Waals surface area contributed by atoms with Gasteiger partial charge in [-0.05, 0) is 0 Å². The lowest BCUT2D eigenvalue weighted by molar-refractivity contribution is -0.0501. The van der Waals surface area contributed by atoms with Crippen LogP contribution in [0.25, 0.3) is 0 Å². The molecule has 0 radical (unpaired) electrons. The smallest absolute Gasteiger partial charge is 0.354 e. The van der Waals surface area contributed by atoms with Gasteiger partial charge in [0, 0.05) is 12.4 Å². The first kappa shape index (κ1) is 10.7. The highest BCUT2D eigenvalue weighted by Crippen LogP contribution is 2.25. The molecule has 0 N–H and O–H groups in total. The Kier molecular flexibility index (Phi) is 2.60. The van der Waals surface area contributed by atoms with E-state index in [1.807, 2.05) is 0 Å². The molecular weight excluding hydrogens is 225 g/mol. The van der Waals surface area contributed by atoms with Crippen molar-refractivity contribution >= 4 is 10.1 Å².